The van der Waals surface area contributed by atoms with Crippen LogP contribution in [0.1, 0.15) is 46.0 Å². The molecule has 0 radical (unpaired) electrons. The molecule has 0 aliphatic heterocycles. The minimum Gasteiger partial charge on any atom is -0.111 e. The van der Waals surface area contributed by atoms with Crippen molar-refractivity contribution in [2.24, 2.45) is 5.92 Å². The Kier molecular flexibility index (Phi) is 9.35. The molecule has 0 rings (SSSR count). The van der Waals surface area contributed by atoms with Gasteiger partial charge in [-0.15, -0.1) is 11.7 Å². The zero-order valence-corrected chi connectivity index (χ0v) is 9.39. The van der Waals surface area contributed by atoms with Crippen molar-refractivity contribution >= 4 is 22.5 Å². The number of hydrogen-bond donors (Lipinski definition) is 1. The van der Waals surface area contributed by atoms with Crippen LogP contribution in [-0.2, 0) is 0 Å². The van der Waals surface area contributed by atoms with Gasteiger partial charge in [-0.1, -0.05) is 50.3 Å². The third-order valence-corrected chi connectivity index (χ3v) is 3.15. The van der Waals surface area contributed by atoms with Gasteiger partial charge in [-0.3, -0.25) is 0 Å². The monoisotopic (exact) mass is 192 g/mol. The summed E-state index contributed by atoms with van der Waals surface area (Å²) in [7, 11) is 1.66. The Morgan fingerprint density at radius 2 is 2.00 bits per heavy atom. The van der Waals surface area contributed by atoms with E-state index in [4.69, 9.17) is 0 Å². The maximum absolute atomic E-state index is 4.10. The highest BCUT2D eigenvalue weighted by molar-refractivity contribution is 8.68. The third-order valence-electron chi connectivity index (χ3n) is 2.13. The second-order valence-corrected chi connectivity index (χ2v) is 4.64. The van der Waals surface area contributed by atoms with Gasteiger partial charge in [-0.05, 0) is 12.3 Å². The average molecular weight is 192 g/mol. The van der Waals surface area contributed by atoms with Crippen LogP contribution >= 0.6 is 22.5 Å². The first-order chi connectivity index (χ1) is 5.31. The van der Waals surface area contributed by atoms with Gasteiger partial charge in [-0.2, -0.15) is 0 Å². The standard InChI is InChI=1S/C9H20S2/c1-3-9(2)7-5-4-6-8-11-10/h9-10H,3-8H2,1-2H3. The molecule has 1 unspecified atom stereocenters. The molecule has 68 valence electrons. The largest absolute Gasteiger partial charge is 0.111 e. The van der Waals surface area contributed by atoms with Crippen LogP contribution in [0.5, 0.6) is 0 Å². The molecule has 0 spiro atoms. The minimum absolute atomic E-state index is 0.929. The number of unbranched alkanes of at least 4 members (excludes halogenated alkanes) is 2. The Morgan fingerprint density at radius 1 is 1.27 bits per heavy atom. The molecule has 0 aromatic heterocycles. The first kappa shape index (κ1) is 11.7. The smallest absolute Gasteiger partial charge is 0.00345 e. The van der Waals surface area contributed by atoms with E-state index in [0.29, 0.717) is 0 Å². The Labute approximate surface area is 80.3 Å². The van der Waals surface area contributed by atoms with Gasteiger partial charge in [0.05, 0.1) is 0 Å². The summed E-state index contributed by atoms with van der Waals surface area (Å²) < 4.78 is 0. The lowest BCUT2D eigenvalue weighted by Gasteiger charge is -2.06. The van der Waals surface area contributed by atoms with Crippen molar-refractivity contribution in [1.82, 2.24) is 0 Å². The van der Waals surface area contributed by atoms with Gasteiger partial charge >= 0.3 is 0 Å². The van der Waals surface area contributed by atoms with E-state index in [9.17, 15) is 0 Å². The second kappa shape index (κ2) is 8.79. The van der Waals surface area contributed by atoms with E-state index in [-0.39, 0.29) is 0 Å². The van der Waals surface area contributed by atoms with Crippen LogP contribution in [0.2, 0.25) is 0 Å². The van der Waals surface area contributed by atoms with Crippen molar-refractivity contribution in [2.45, 2.75) is 46.0 Å². The van der Waals surface area contributed by atoms with Crippen LogP contribution in [0.4, 0.5) is 0 Å². The van der Waals surface area contributed by atoms with E-state index in [2.05, 4.69) is 25.5 Å². The Bertz CT molecular complexity index is 74.0. The molecule has 0 amide bonds. The summed E-state index contributed by atoms with van der Waals surface area (Å²) in [4.78, 5) is 0. The lowest BCUT2D eigenvalue weighted by atomic mass is 10.0. The Morgan fingerprint density at radius 3 is 2.55 bits per heavy atom. The molecule has 11 heavy (non-hydrogen) atoms. The molecule has 0 aromatic carbocycles. The predicted molar refractivity (Wildman–Crippen MR) is 59.4 cm³/mol. The van der Waals surface area contributed by atoms with Gasteiger partial charge in [0.15, 0.2) is 0 Å². The summed E-state index contributed by atoms with van der Waals surface area (Å²) in [6.07, 6.45) is 6.88. The van der Waals surface area contributed by atoms with Crippen LogP contribution in [0.3, 0.4) is 0 Å². The summed E-state index contributed by atoms with van der Waals surface area (Å²) >= 11 is 4.10. The minimum atomic E-state index is 0.929. The Hall–Kier alpha value is 0.700. The van der Waals surface area contributed by atoms with E-state index >= 15 is 0 Å². The third kappa shape index (κ3) is 8.61. The van der Waals surface area contributed by atoms with Gasteiger partial charge in [-0.25, -0.2) is 0 Å². The summed E-state index contributed by atoms with van der Waals surface area (Å²) in [5.41, 5.74) is 0. The second-order valence-electron chi connectivity index (χ2n) is 3.20. The van der Waals surface area contributed by atoms with Crippen LogP contribution in [-0.4, -0.2) is 5.75 Å². The maximum atomic E-state index is 4.10. The molecule has 0 N–H and O–H groups in total. The van der Waals surface area contributed by atoms with Crippen molar-refractivity contribution in [3.63, 3.8) is 0 Å². The summed E-state index contributed by atoms with van der Waals surface area (Å²) in [6, 6.07) is 0. The SMILES string of the molecule is CCC(C)CCCCCSS. The predicted octanol–water partition coefficient (Wildman–Crippen LogP) is 4.17. The quantitative estimate of drug-likeness (QED) is 0.359. The van der Waals surface area contributed by atoms with Crippen molar-refractivity contribution in [3.8, 4) is 0 Å². The molecule has 0 nitrogen and oxygen atoms in total. The van der Waals surface area contributed by atoms with Gasteiger partial charge in [0, 0.05) is 5.75 Å². The zero-order valence-electron chi connectivity index (χ0n) is 7.68. The molecule has 1 atom stereocenters. The fourth-order valence-corrected chi connectivity index (χ4v) is 1.76. The lowest BCUT2D eigenvalue weighted by Crippen LogP contribution is -1.91. The normalized spacial score (nSPS) is 13.4. The highest BCUT2D eigenvalue weighted by atomic mass is 33.1. The van der Waals surface area contributed by atoms with Crippen molar-refractivity contribution in [2.75, 3.05) is 5.75 Å². The molecule has 0 saturated heterocycles. The fourth-order valence-electron chi connectivity index (χ4n) is 1.04. The highest BCUT2D eigenvalue weighted by Crippen LogP contribution is 2.14. The molecule has 0 aliphatic carbocycles. The summed E-state index contributed by atoms with van der Waals surface area (Å²) in [5, 5.41) is 0. The molecule has 0 aliphatic rings. The maximum Gasteiger partial charge on any atom is 0.00345 e. The first-order valence-electron chi connectivity index (χ1n) is 4.57. The van der Waals surface area contributed by atoms with Crippen molar-refractivity contribution in [1.29, 1.82) is 0 Å². The summed E-state index contributed by atoms with van der Waals surface area (Å²) in [5.74, 6) is 2.14. The van der Waals surface area contributed by atoms with E-state index in [1.807, 2.05) is 0 Å². The first-order valence-corrected chi connectivity index (χ1v) is 6.61. The van der Waals surface area contributed by atoms with Crippen molar-refractivity contribution in [3.05, 3.63) is 0 Å². The lowest BCUT2D eigenvalue weighted by molar-refractivity contribution is 0.483. The van der Waals surface area contributed by atoms with Crippen LogP contribution in [0, 0.1) is 5.92 Å². The number of thiol groups is 1. The van der Waals surface area contributed by atoms with Crippen LogP contribution in [0.15, 0.2) is 0 Å². The van der Waals surface area contributed by atoms with Crippen LogP contribution in [0.25, 0.3) is 0 Å². The van der Waals surface area contributed by atoms with E-state index in [1.165, 1.54) is 37.9 Å². The molecule has 0 fully saturated rings. The molecule has 0 aromatic rings. The highest BCUT2D eigenvalue weighted by Gasteiger charge is 1.97. The van der Waals surface area contributed by atoms with E-state index < -0.39 is 0 Å². The number of rotatable bonds is 7. The summed E-state index contributed by atoms with van der Waals surface area (Å²) in [6.45, 7) is 4.61. The topological polar surface area (TPSA) is 0 Å². The van der Waals surface area contributed by atoms with Gasteiger partial charge < -0.3 is 0 Å². The van der Waals surface area contributed by atoms with E-state index in [0.717, 1.165) is 5.92 Å². The molecule has 0 saturated carbocycles. The van der Waals surface area contributed by atoms with E-state index in [1.54, 1.807) is 10.8 Å². The molecular weight excluding hydrogens is 172 g/mol. The van der Waals surface area contributed by atoms with Gasteiger partial charge in [0.1, 0.15) is 0 Å². The molecule has 2 heteroatoms. The Balaban J connectivity index is 2.89. The number of hydrogen-bond acceptors (Lipinski definition) is 2. The fraction of sp³-hybridized carbons (Fsp3) is 1.00. The zero-order chi connectivity index (χ0) is 8.53. The molecular formula is C9H20S2. The van der Waals surface area contributed by atoms with Gasteiger partial charge in [0.2, 0.25) is 0 Å². The van der Waals surface area contributed by atoms with Crippen molar-refractivity contribution < 1.29 is 0 Å². The van der Waals surface area contributed by atoms with Gasteiger partial charge in [0.25, 0.3) is 0 Å². The molecule has 0 bridgehead atoms. The van der Waals surface area contributed by atoms with Crippen LogP contribution < -0.4 is 0 Å². The average Bonchev–Trinajstić information content (AvgIpc) is 2.04. The molecule has 0 heterocycles.